The third kappa shape index (κ3) is 3.15. The first-order valence-corrected chi connectivity index (χ1v) is 7.42. The van der Waals surface area contributed by atoms with Crippen molar-refractivity contribution < 1.29 is 19.2 Å². The number of ether oxygens (including phenoxy) is 2. The van der Waals surface area contributed by atoms with Crippen LogP contribution >= 0.6 is 0 Å². The summed E-state index contributed by atoms with van der Waals surface area (Å²) in [5.74, 6) is 0.614. The van der Waals surface area contributed by atoms with Gasteiger partial charge in [0.2, 0.25) is 0 Å². The lowest BCUT2D eigenvalue weighted by Gasteiger charge is -2.15. The summed E-state index contributed by atoms with van der Waals surface area (Å²) in [6.07, 6.45) is -0.331. The van der Waals surface area contributed by atoms with Gasteiger partial charge in [0.25, 0.3) is 5.69 Å². The van der Waals surface area contributed by atoms with Gasteiger partial charge in [-0.2, -0.15) is 0 Å². The highest BCUT2D eigenvalue weighted by atomic mass is 16.6. The Kier molecular flexibility index (Phi) is 4.33. The van der Waals surface area contributed by atoms with Crippen molar-refractivity contribution in [2.24, 2.45) is 0 Å². The largest absolute Gasteiger partial charge is 0.496 e. The molecule has 7 nitrogen and oxygen atoms in total. The highest BCUT2D eigenvalue weighted by Gasteiger charge is 2.22. The molecule has 2 aromatic carbocycles. The zero-order chi connectivity index (χ0) is 17.1. The van der Waals surface area contributed by atoms with Gasteiger partial charge in [0.15, 0.2) is 0 Å². The maximum atomic E-state index is 11.6. The number of methoxy groups -OCH3 is 1. The number of benzene rings is 2. The summed E-state index contributed by atoms with van der Waals surface area (Å²) in [7, 11) is 1.55. The van der Waals surface area contributed by atoms with Crippen LogP contribution in [-0.2, 0) is 11.3 Å². The van der Waals surface area contributed by atoms with E-state index in [0.29, 0.717) is 31.0 Å². The van der Waals surface area contributed by atoms with E-state index < -0.39 is 4.92 Å². The van der Waals surface area contributed by atoms with Crippen LogP contribution in [0.4, 0.5) is 10.5 Å². The Hall–Kier alpha value is -3.09. The summed E-state index contributed by atoms with van der Waals surface area (Å²) >= 11 is 0. The number of amides is 1. The monoisotopic (exact) mass is 328 g/mol. The van der Waals surface area contributed by atoms with Crippen LogP contribution in [0.5, 0.6) is 5.75 Å². The minimum absolute atomic E-state index is 0.0167. The predicted octanol–water partition coefficient (Wildman–Crippen LogP) is 3.22. The van der Waals surface area contributed by atoms with E-state index in [9.17, 15) is 14.9 Å². The van der Waals surface area contributed by atoms with Gasteiger partial charge >= 0.3 is 6.09 Å². The van der Waals surface area contributed by atoms with Crippen LogP contribution in [0.15, 0.2) is 42.5 Å². The van der Waals surface area contributed by atoms with E-state index in [1.165, 1.54) is 12.1 Å². The highest BCUT2D eigenvalue weighted by molar-refractivity contribution is 5.73. The van der Waals surface area contributed by atoms with Crippen LogP contribution in [0.25, 0.3) is 11.1 Å². The number of hydrogen-bond donors (Lipinski definition) is 0. The van der Waals surface area contributed by atoms with Gasteiger partial charge in [0.1, 0.15) is 12.4 Å². The van der Waals surface area contributed by atoms with Crippen molar-refractivity contribution >= 4 is 11.8 Å². The maximum absolute atomic E-state index is 11.6. The van der Waals surface area contributed by atoms with Gasteiger partial charge in [-0.3, -0.25) is 10.1 Å². The van der Waals surface area contributed by atoms with Crippen molar-refractivity contribution in [3.05, 3.63) is 58.1 Å². The van der Waals surface area contributed by atoms with Crippen molar-refractivity contribution in [3.63, 3.8) is 0 Å². The first-order chi connectivity index (χ1) is 11.6. The molecule has 1 amide bonds. The molecular formula is C17H16N2O5. The van der Waals surface area contributed by atoms with Gasteiger partial charge in [0.05, 0.1) is 18.6 Å². The lowest BCUT2D eigenvalue weighted by molar-refractivity contribution is -0.384. The van der Waals surface area contributed by atoms with E-state index in [2.05, 4.69) is 0 Å². The molecule has 1 heterocycles. The lowest BCUT2D eigenvalue weighted by Crippen LogP contribution is -2.23. The average molecular weight is 328 g/mol. The lowest BCUT2D eigenvalue weighted by atomic mass is 10.0. The van der Waals surface area contributed by atoms with Crippen molar-refractivity contribution in [2.75, 3.05) is 20.3 Å². The molecule has 7 heteroatoms. The molecule has 2 aromatic rings. The average Bonchev–Trinajstić information content (AvgIpc) is 3.00. The van der Waals surface area contributed by atoms with E-state index in [-0.39, 0.29) is 11.8 Å². The smallest absolute Gasteiger partial charge is 0.410 e. The fourth-order valence-electron chi connectivity index (χ4n) is 2.66. The maximum Gasteiger partial charge on any atom is 0.410 e. The molecule has 1 saturated heterocycles. The predicted molar refractivity (Wildman–Crippen MR) is 86.8 cm³/mol. The molecule has 0 unspecified atom stereocenters. The molecular weight excluding hydrogens is 312 g/mol. The summed E-state index contributed by atoms with van der Waals surface area (Å²) in [4.78, 5) is 23.7. The number of hydrogen-bond acceptors (Lipinski definition) is 5. The number of nitro benzene ring substituents is 1. The Labute approximate surface area is 138 Å². The third-order valence-electron chi connectivity index (χ3n) is 3.85. The second kappa shape index (κ2) is 6.57. The molecule has 0 N–H and O–H groups in total. The number of nitrogens with zero attached hydrogens (tertiary/aromatic N) is 2. The van der Waals surface area contributed by atoms with Crippen molar-refractivity contribution in [3.8, 4) is 16.9 Å². The van der Waals surface area contributed by atoms with E-state index in [4.69, 9.17) is 9.47 Å². The molecule has 0 bridgehead atoms. The first kappa shape index (κ1) is 15.8. The number of carbonyl (C=O) groups excluding carboxylic acids is 1. The SMILES string of the molecule is COc1ccc(CN2CCOC2=O)cc1-c1cccc([N+](=O)[O-])c1. The molecule has 0 saturated carbocycles. The Morgan fingerprint density at radius 3 is 2.79 bits per heavy atom. The third-order valence-corrected chi connectivity index (χ3v) is 3.85. The Morgan fingerprint density at radius 1 is 1.29 bits per heavy atom. The summed E-state index contributed by atoms with van der Waals surface area (Å²) < 4.78 is 10.3. The van der Waals surface area contributed by atoms with Gasteiger partial charge in [-0.05, 0) is 23.3 Å². The number of cyclic esters (lactones) is 1. The molecule has 0 aromatic heterocycles. The minimum Gasteiger partial charge on any atom is -0.496 e. The van der Waals surface area contributed by atoms with Crippen LogP contribution in [0.1, 0.15) is 5.56 Å². The van der Waals surface area contributed by atoms with Crippen LogP contribution in [0.3, 0.4) is 0 Å². The molecule has 1 aliphatic rings. The summed E-state index contributed by atoms with van der Waals surface area (Å²) in [6, 6.07) is 11.9. The fraction of sp³-hybridized carbons (Fsp3) is 0.235. The van der Waals surface area contributed by atoms with E-state index in [0.717, 1.165) is 11.1 Å². The summed E-state index contributed by atoms with van der Waals surface area (Å²) in [6.45, 7) is 1.37. The normalized spacial score (nSPS) is 13.7. The molecule has 0 atom stereocenters. The standard InChI is InChI=1S/C17H16N2O5/c1-23-16-6-5-12(11-18-7-8-24-17(18)20)9-15(16)13-3-2-4-14(10-13)19(21)22/h2-6,9-10H,7-8,11H2,1H3. The Balaban J connectivity index is 1.96. The molecule has 24 heavy (non-hydrogen) atoms. The Bertz CT molecular complexity index is 790. The number of carbonyl (C=O) groups is 1. The molecule has 3 rings (SSSR count). The molecule has 0 spiro atoms. The topological polar surface area (TPSA) is 81.9 Å². The quantitative estimate of drug-likeness (QED) is 0.622. The first-order valence-electron chi connectivity index (χ1n) is 7.42. The van der Waals surface area contributed by atoms with Crippen LogP contribution in [-0.4, -0.2) is 36.2 Å². The zero-order valence-corrected chi connectivity index (χ0v) is 13.1. The number of rotatable bonds is 5. The second-order valence-corrected chi connectivity index (χ2v) is 5.38. The molecule has 1 aliphatic heterocycles. The van der Waals surface area contributed by atoms with Gasteiger partial charge in [-0.1, -0.05) is 18.2 Å². The summed E-state index contributed by atoms with van der Waals surface area (Å²) in [5.41, 5.74) is 2.34. The molecule has 124 valence electrons. The van der Waals surface area contributed by atoms with Crippen LogP contribution in [0.2, 0.25) is 0 Å². The van der Waals surface area contributed by atoms with Crippen LogP contribution in [0, 0.1) is 10.1 Å². The molecule has 0 aliphatic carbocycles. The minimum atomic E-state index is -0.430. The number of non-ortho nitro benzene ring substituents is 1. The van der Waals surface area contributed by atoms with Crippen molar-refractivity contribution in [2.45, 2.75) is 6.54 Å². The van der Waals surface area contributed by atoms with Crippen molar-refractivity contribution in [1.29, 1.82) is 0 Å². The summed E-state index contributed by atoms with van der Waals surface area (Å²) in [5, 5.41) is 11.0. The second-order valence-electron chi connectivity index (χ2n) is 5.38. The van der Waals surface area contributed by atoms with Gasteiger partial charge < -0.3 is 14.4 Å². The van der Waals surface area contributed by atoms with Crippen molar-refractivity contribution in [1.82, 2.24) is 4.90 Å². The van der Waals surface area contributed by atoms with Gasteiger partial charge in [-0.25, -0.2) is 4.79 Å². The molecule has 0 radical (unpaired) electrons. The number of nitro groups is 1. The zero-order valence-electron chi connectivity index (χ0n) is 13.1. The van der Waals surface area contributed by atoms with E-state index in [1.54, 1.807) is 30.2 Å². The Morgan fingerprint density at radius 2 is 2.12 bits per heavy atom. The van der Waals surface area contributed by atoms with E-state index >= 15 is 0 Å². The molecule has 1 fully saturated rings. The van der Waals surface area contributed by atoms with E-state index in [1.807, 2.05) is 12.1 Å². The van der Waals surface area contributed by atoms with Gasteiger partial charge in [-0.15, -0.1) is 0 Å². The fourth-order valence-corrected chi connectivity index (χ4v) is 2.66. The van der Waals surface area contributed by atoms with Gasteiger partial charge in [0, 0.05) is 24.2 Å². The highest BCUT2D eigenvalue weighted by Crippen LogP contribution is 2.33. The van der Waals surface area contributed by atoms with Crippen LogP contribution < -0.4 is 4.74 Å².